The van der Waals surface area contributed by atoms with Gasteiger partial charge in [0.15, 0.2) is 0 Å². The molecule has 0 amide bonds. The SMILES string of the molecule is CC(N)c1ccc(SC(C)C(C)O)c(F)c1. The van der Waals surface area contributed by atoms with Gasteiger partial charge in [-0.2, -0.15) is 0 Å². The highest BCUT2D eigenvalue weighted by Crippen LogP contribution is 2.29. The molecular weight excluding hydrogens is 225 g/mol. The Labute approximate surface area is 100 Å². The summed E-state index contributed by atoms with van der Waals surface area (Å²) in [5.74, 6) is -0.271. The van der Waals surface area contributed by atoms with Crippen LogP contribution in [0.5, 0.6) is 0 Å². The van der Waals surface area contributed by atoms with E-state index in [2.05, 4.69) is 0 Å². The molecule has 0 fully saturated rings. The summed E-state index contributed by atoms with van der Waals surface area (Å²) in [5.41, 5.74) is 6.45. The molecule has 0 spiro atoms. The van der Waals surface area contributed by atoms with E-state index in [0.717, 1.165) is 5.56 Å². The first-order valence-corrected chi connectivity index (χ1v) is 6.19. The first kappa shape index (κ1) is 13.5. The van der Waals surface area contributed by atoms with Crippen molar-refractivity contribution < 1.29 is 9.50 Å². The lowest BCUT2D eigenvalue weighted by Gasteiger charge is -2.15. The second-order valence-corrected chi connectivity index (χ2v) is 5.46. The molecule has 0 aliphatic heterocycles. The summed E-state index contributed by atoms with van der Waals surface area (Å²) in [4.78, 5) is 0.554. The van der Waals surface area contributed by atoms with Crippen molar-refractivity contribution in [1.29, 1.82) is 0 Å². The molecule has 0 aromatic heterocycles. The molecule has 1 aromatic carbocycles. The average molecular weight is 243 g/mol. The zero-order chi connectivity index (χ0) is 12.3. The van der Waals surface area contributed by atoms with Gasteiger partial charge in [0.1, 0.15) is 5.82 Å². The fourth-order valence-electron chi connectivity index (χ4n) is 1.19. The first-order valence-electron chi connectivity index (χ1n) is 5.31. The Hall–Kier alpha value is -0.580. The zero-order valence-corrected chi connectivity index (χ0v) is 10.6. The van der Waals surface area contributed by atoms with Gasteiger partial charge in [0, 0.05) is 16.2 Å². The summed E-state index contributed by atoms with van der Waals surface area (Å²) in [6, 6.07) is 4.84. The van der Waals surface area contributed by atoms with E-state index in [0.29, 0.717) is 4.90 Å². The highest BCUT2D eigenvalue weighted by Gasteiger charge is 2.14. The smallest absolute Gasteiger partial charge is 0.137 e. The summed E-state index contributed by atoms with van der Waals surface area (Å²) in [6.07, 6.45) is -0.461. The van der Waals surface area contributed by atoms with Crippen LogP contribution in [-0.4, -0.2) is 16.5 Å². The van der Waals surface area contributed by atoms with Crippen molar-refractivity contribution in [2.75, 3.05) is 0 Å². The van der Waals surface area contributed by atoms with Crippen LogP contribution in [-0.2, 0) is 0 Å². The lowest BCUT2D eigenvalue weighted by molar-refractivity contribution is 0.196. The molecule has 90 valence electrons. The van der Waals surface area contributed by atoms with Crippen molar-refractivity contribution in [1.82, 2.24) is 0 Å². The minimum atomic E-state index is -0.461. The predicted octanol–water partition coefficient (Wildman–Crippen LogP) is 2.71. The fourth-order valence-corrected chi connectivity index (χ4v) is 2.11. The van der Waals surface area contributed by atoms with Crippen LogP contribution in [0.15, 0.2) is 23.1 Å². The third kappa shape index (κ3) is 3.47. The van der Waals surface area contributed by atoms with Gasteiger partial charge in [-0.3, -0.25) is 0 Å². The van der Waals surface area contributed by atoms with Gasteiger partial charge in [-0.15, -0.1) is 11.8 Å². The minimum absolute atomic E-state index is 0.0318. The number of hydrogen-bond acceptors (Lipinski definition) is 3. The van der Waals surface area contributed by atoms with Crippen molar-refractivity contribution in [3.8, 4) is 0 Å². The van der Waals surface area contributed by atoms with Gasteiger partial charge in [-0.25, -0.2) is 4.39 Å². The van der Waals surface area contributed by atoms with E-state index < -0.39 is 6.10 Å². The number of hydrogen-bond donors (Lipinski definition) is 2. The summed E-state index contributed by atoms with van der Waals surface area (Å²) in [7, 11) is 0. The molecule has 0 radical (unpaired) electrons. The van der Waals surface area contributed by atoms with Crippen LogP contribution in [0.4, 0.5) is 4.39 Å². The molecule has 3 unspecified atom stereocenters. The Morgan fingerprint density at radius 1 is 1.31 bits per heavy atom. The van der Waals surface area contributed by atoms with E-state index in [-0.39, 0.29) is 17.1 Å². The van der Waals surface area contributed by atoms with E-state index in [9.17, 15) is 9.50 Å². The topological polar surface area (TPSA) is 46.2 Å². The molecule has 0 aliphatic carbocycles. The highest BCUT2D eigenvalue weighted by molar-refractivity contribution is 8.00. The molecule has 4 heteroatoms. The molecule has 2 nitrogen and oxygen atoms in total. The second kappa shape index (κ2) is 5.66. The standard InChI is InChI=1S/C12H18FNOS/c1-7(14)10-4-5-12(11(13)6-10)16-9(3)8(2)15/h4-9,15H,14H2,1-3H3. The molecule has 3 N–H and O–H groups in total. The van der Waals surface area contributed by atoms with Crippen LogP contribution in [0.25, 0.3) is 0 Å². The van der Waals surface area contributed by atoms with E-state index >= 15 is 0 Å². The van der Waals surface area contributed by atoms with Gasteiger partial charge in [0.05, 0.1) is 6.10 Å². The Kier molecular flexibility index (Phi) is 4.77. The first-order chi connectivity index (χ1) is 7.41. The van der Waals surface area contributed by atoms with Crippen molar-refractivity contribution in [3.63, 3.8) is 0 Å². The maximum absolute atomic E-state index is 13.7. The molecule has 0 saturated carbocycles. The summed E-state index contributed by atoms with van der Waals surface area (Å²) >= 11 is 1.33. The highest BCUT2D eigenvalue weighted by atomic mass is 32.2. The lowest BCUT2D eigenvalue weighted by atomic mass is 10.1. The van der Waals surface area contributed by atoms with E-state index in [4.69, 9.17) is 5.73 Å². The van der Waals surface area contributed by atoms with Crippen LogP contribution in [0.3, 0.4) is 0 Å². The van der Waals surface area contributed by atoms with Crippen LogP contribution in [0.1, 0.15) is 32.4 Å². The van der Waals surface area contributed by atoms with Gasteiger partial charge >= 0.3 is 0 Å². The number of benzene rings is 1. The quantitative estimate of drug-likeness (QED) is 0.799. The van der Waals surface area contributed by atoms with Crippen molar-refractivity contribution >= 4 is 11.8 Å². The van der Waals surface area contributed by atoms with Crippen molar-refractivity contribution in [2.24, 2.45) is 5.73 Å². The number of thioether (sulfide) groups is 1. The number of rotatable bonds is 4. The number of halogens is 1. The van der Waals surface area contributed by atoms with Crippen LogP contribution in [0.2, 0.25) is 0 Å². The minimum Gasteiger partial charge on any atom is -0.392 e. The Bertz CT molecular complexity index is 355. The largest absolute Gasteiger partial charge is 0.392 e. The number of nitrogens with two attached hydrogens (primary N) is 1. The number of aliphatic hydroxyl groups is 1. The molecule has 1 aromatic rings. The van der Waals surface area contributed by atoms with Crippen LogP contribution >= 0.6 is 11.8 Å². The van der Waals surface area contributed by atoms with E-state index in [1.807, 2.05) is 19.9 Å². The summed E-state index contributed by atoms with van der Waals surface area (Å²) < 4.78 is 13.7. The molecule has 0 saturated heterocycles. The molecule has 0 aliphatic rings. The number of aliphatic hydroxyl groups excluding tert-OH is 1. The molecule has 3 atom stereocenters. The van der Waals surface area contributed by atoms with Gasteiger partial charge in [0.2, 0.25) is 0 Å². The molecule has 0 heterocycles. The molecular formula is C12H18FNOS. The van der Waals surface area contributed by atoms with Crippen LogP contribution < -0.4 is 5.73 Å². The molecule has 1 rings (SSSR count). The second-order valence-electron chi connectivity index (χ2n) is 4.04. The monoisotopic (exact) mass is 243 g/mol. The van der Waals surface area contributed by atoms with Gasteiger partial charge < -0.3 is 10.8 Å². The lowest BCUT2D eigenvalue weighted by Crippen LogP contribution is -2.15. The van der Waals surface area contributed by atoms with Crippen molar-refractivity contribution in [2.45, 2.75) is 43.1 Å². The molecule has 16 heavy (non-hydrogen) atoms. The van der Waals surface area contributed by atoms with E-state index in [1.165, 1.54) is 17.8 Å². The maximum atomic E-state index is 13.7. The normalized spacial score (nSPS) is 16.9. The Balaban J connectivity index is 2.83. The fraction of sp³-hybridized carbons (Fsp3) is 0.500. The predicted molar refractivity (Wildman–Crippen MR) is 66.0 cm³/mol. The summed E-state index contributed by atoms with van der Waals surface area (Å²) in [5, 5.41) is 9.32. The van der Waals surface area contributed by atoms with Crippen LogP contribution in [0, 0.1) is 5.82 Å². The van der Waals surface area contributed by atoms with Crippen molar-refractivity contribution in [3.05, 3.63) is 29.6 Å². The zero-order valence-electron chi connectivity index (χ0n) is 9.77. The summed E-state index contributed by atoms with van der Waals surface area (Å²) in [6.45, 7) is 5.39. The maximum Gasteiger partial charge on any atom is 0.137 e. The third-order valence-electron chi connectivity index (χ3n) is 2.47. The molecule has 0 bridgehead atoms. The Morgan fingerprint density at radius 2 is 1.94 bits per heavy atom. The third-order valence-corrected chi connectivity index (χ3v) is 3.82. The average Bonchev–Trinajstić information content (AvgIpc) is 2.20. The van der Waals surface area contributed by atoms with Gasteiger partial charge in [-0.1, -0.05) is 13.0 Å². The Morgan fingerprint density at radius 3 is 2.38 bits per heavy atom. The van der Waals surface area contributed by atoms with E-state index in [1.54, 1.807) is 13.0 Å². The van der Waals surface area contributed by atoms with Gasteiger partial charge in [-0.05, 0) is 31.5 Å². The van der Waals surface area contributed by atoms with Gasteiger partial charge in [0.25, 0.3) is 0 Å².